The van der Waals surface area contributed by atoms with Crippen LogP contribution in [0.25, 0.3) is 22.2 Å². The number of carbonyl (C=O) groups is 4. The Morgan fingerprint density at radius 2 is 1.69 bits per heavy atom. The molecule has 4 atom stereocenters. The van der Waals surface area contributed by atoms with Crippen LogP contribution in [0.2, 0.25) is 5.02 Å². The molecule has 0 radical (unpaired) electrons. The largest absolute Gasteiger partial charge is 0.489 e. The molecule has 1 fully saturated rings. The number of ketones is 1. The molecule has 52 heavy (non-hydrogen) atoms. The summed E-state index contributed by atoms with van der Waals surface area (Å²) in [5.74, 6) is -1.60. The van der Waals surface area contributed by atoms with Gasteiger partial charge < -0.3 is 9.47 Å². The highest BCUT2D eigenvalue weighted by atomic mass is 79.9. The fourth-order valence-corrected chi connectivity index (χ4v) is 7.60. The summed E-state index contributed by atoms with van der Waals surface area (Å²) in [6.07, 6.45) is 3.43. The molecule has 10 heteroatoms. The van der Waals surface area contributed by atoms with E-state index in [1.165, 1.54) is 11.8 Å². The third-order valence-electron chi connectivity index (χ3n) is 9.78. The summed E-state index contributed by atoms with van der Waals surface area (Å²) in [5, 5.41) is 0.945. The van der Waals surface area contributed by atoms with Gasteiger partial charge in [-0.25, -0.2) is 9.78 Å². The lowest BCUT2D eigenvalue weighted by atomic mass is 9.78. The zero-order chi connectivity index (χ0) is 36.7. The molecule has 4 unspecified atom stereocenters. The second-order valence-corrected chi connectivity index (χ2v) is 14.4. The van der Waals surface area contributed by atoms with E-state index in [-0.39, 0.29) is 40.9 Å². The summed E-state index contributed by atoms with van der Waals surface area (Å²) in [5.41, 5.74) is 4.30. The molecule has 5 aromatic rings. The lowest BCUT2D eigenvalue weighted by Crippen LogP contribution is -2.31. The van der Waals surface area contributed by atoms with Gasteiger partial charge in [0.1, 0.15) is 12.4 Å². The van der Waals surface area contributed by atoms with Gasteiger partial charge in [-0.3, -0.25) is 19.3 Å². The number of Topliss-reactive ketones (excluding diaryl/α,β-unsaturated/α-hetero) is 1. The van der Waals surface area contributed by atoms with Crippen molar-refractivity contribution in [3.8, 4) is 17.0 Å². The average Bonchev–Trinajstić information content (AvgIpc) is 3.42. The molecule has 2 amide bonds. The molecule has 2 heterocycles. The Labute approximate surface area is 314 Å². The highest BCUT2D eigenvalue weighted by Gasteiger charge is 2.50. The van der Waals surface area contributed by atoms with Crippen LogP contribution in [0.5, 0.6) is 5.75 Å². The number of ether oxygens (including phenoxy) is 2. The number of carbonyl (C=O) groups excluding carboxylic acids is 4. The van der Waals surface area contributed by atoms with E-state index in [2.05, 4.69) is 15.9 Å². The zero-order valence-electron chi connectivity index (χ0n) is 28.6. The molecule has 1 aliphatic heterocycles. The van der Waals surface area contributed by atoms with Crippen LogP contribution in [0.4, 0.5) is 5.69 Å². The number of aromatic nitrogens is 1. The molecule has 8 nitrogen and oxygen atoms in total. The first-order valence-corrected chi connectivity index (χ1v) is 18.1. The molecule has 0 spiro atoms. The van der Waals surface area contributed by atoms with E-state index in [9.17, 15) is 19.2 Å². The van der Waals surface area contributed by atoms with Gasteiger partial charge >= 0.3 is 5.97 Å². The number of aryl methyl sites for hydroxylation is 1. The van der Waals surface area contributed by atoms with Crippen molar-refractivity contribution >= 4 is 67.7 Å². The number of rotatable bonds is 9. The highest BCUT2D eigenvalue weighted by Crippen LogP contribution is 2.41. The van der Waals surface area contributed by atoms with Gasteiger partial charge in [-0.15, -0.1) is 0 Å². The second-order valence-electron chi connectivity index (χ2n) is 13.2. The number of halogens is 2. The van der Waals surface area contributed by atoms with Crippen LogP contribution in [0, 0.1) is 24.7 Å². The van der Waals surface area contributed by atoms with Crippen LogP contribution in [-0.2, 0) is 20.9 Å². The van der Waals surface area contributed by atoms with Crippen molar-refractivity contribution < 1.29 is 28.7 Å². The van der Waals surface area contributed by atoms with E-state index in [1.807, 2.05) is 56.3 Å². The smallest absolute Gasteiger partial charge is 0.339 e. The number of hydrogen-bond acceptors (Lipinski definition) is 7. The summed E-state index contributed by atoms with van der Waals surface area (Å²) in [7, 11) is 0. The van der Waals surface area contributed by atoms with E-state index in [4.69, 9.17) is 26.1 Å². The molecule has 2 aliphatic rings. The first kappa shape index (κ1) is 35.3. The van der Waals surface area contributed by atoms with Crippen molar-refractivity contribution in [2.45, 2.75) is 39.9 Å². The Kier molecular flexibility index (Phi) is 9.83. The number of allylic oxidation sites excluding steroid dienone is 2. The van der Waals surface area contributed by atoms with Gasteiger partial charge in [-0.2, -0.15) is 0 Å². The molecule has 0 N–H and O–H groups in total. The Morgan fingerprint density at radius 3 is 2.38 bits per heavy atom. The van der Waals surface area contributed by atoms with Gasteiger partial charge in [0.25, 0.3) is 0 Å². The number of nitrogens with zero attached hydrogens (tertiary/aromatic N) is 2. The molecule has 1 saturated heterocycles. The van der Waals surface area contributed by atoms with Crippen molar-refractivity contribution in [3.63, 3.8) is 0 Å². The maximum Gasteiger partial charge on any atom is 0.339 e. The lowest BCUT2D eigenvalue weighted by molar-refractivity contribution is -0.122. The molecule has 1 aliphatic carbocycles. The van der Waals surface area contributed by atoms with E-state index >= 15 is 0 Å². The van der Waals surface area contributed by atoms with Gasteiger partial charge in [0.2, 0.25) is 17.6 Å². The number of esters is 1. The van der Waals surface area contributed by atoms with Crippen LogP contribution >= 0.6 is 27.5 Å². The molecule has 1 aromatic heterocycles. The van der Waals surface area contributed by atoms with E-state index in [1.54, 1.807) is 60.7 Å². The van der Waals surface area contributed by atoms with Crippen molar-refractivity contribution in [2.24, 2.45) is 17.8 Å². The maximum absolute atomic E-state index is 13.9. The van der Waals surface area contributed by atoms with Gasteiger partial charge in [0.05, 0.1) is 39.3 Å². The Bertz CT molecular complexity index is 2260. The predicted octanol–water partition coefficient (Wildman–Crippen LogP) is 9.33. The normalized spacial score (nSPS) is 18.7. The molecule has 0 saturated carbocycles. The standard InChI is InChI=1S/C42H34BrClN2O6/c1-23-8-7-11-31-36(23)41(49)46(40(31)48)29-16-12-27(13-17-29)35-21-33(32-20-34(43)37(44)24(2)38(32)45-35)42(50)52-25(3)39(47)28-14-18-30(19-15-28)51-22-26-9-5-4-6-10-26/h4-10,12-21,23,25,31,36H,11,22H2,1-3H3. The lowest BCUT2D eigenvalue weighted by Gasteiger charge is -2.22. The fraction of sp³-hybridized carbons (Fsp3) is 0.214. The number of imide groups is 1. The highest BCUT2D eigenvalue weighted by molar-refractivity contribution is 9.10. The van der Waals surface area contributed by atoms with Crippen LogP contribution in [0.15, 0.2) is 108 Å². The van der Waals surface area contributed by atoms with E-state index in [0.29, 0.717) is 67.2 Å². The molecule has 0 bridgehead atoms. The minimum atomic E-state index is -1.09. The van der Waals surface area contributed by atoms with Crippen molar-refractivity contribution in [1.29, 1.82) is 0 Å². The van der Waals surface area contributed by atoms with Crippen LogP contribution in [-0.4, -0.2) is 34.7 Å². The minimum Gasteiger partial charge on any atom is -0.489 e. The van der Waals surface area contributed by atoms with Crippen molar-refractivity contribution in [2.75, 3.05) is 4.90 Å². The number of benzene rings is 4. The summed E-state index contributed by atoms with van der Waals surface area (Å²) in [6.45, 7) is 5.70. The third-order valence-corrected chi connectivity index (χ3v) is 11.1. The summed E-state index contributed by atoms with van der Waals surface area (Å²) >= 11 is 10.1. The van der Waals surface area contributed by atoms with Crippen LogP contribution in [0.1, 0.15) is 52.1 Å². The number of amides is 2. The number of pyridine rings is 1. The van der Waals surface area contributed by atoms with Crippen molar-refractivity contribution in [3.05, 3.63) is 135 Å². The molecule has 4 aromatic carbocycles. The predicted molar refractivity (Wildman–Crippen MR) is 203 cm³/mol. The SMILES string of the molecule is Cc1c(Cl)c(Br)cc2c(C(=O)OC(C)C(=O)c3ccc(OCc4ccccc4)cc3)cc(-c3ccc(N4C(=O)C5CC=CC(C)C5C4=O)cc3)nc12. The average molecular weight is 778 g/mol. The van der Waals surface area contributed by atoms with E-state index in [0.717, 1.165) is 5.56 Å². The van der Waals surface area contributed by atoms with E-state index < -0.39 is 12.1 Å². The molecule has 262 valence electrons. The second kappa shape index (κ2) is 14.5. The molecular formula is C42H34BrClN2O6. The van der Waals surface area contributed by atoms with Gasteiger partial charge in [0, 0.05) is 21.0 Å². The fourth-order valence-electron chi connectivity index (χ4n) is 6.93. The Balaban J connectivity index is 1.13. The zero-order valence-corrected chi connectivity index (χ0v) is 31.0. The number of hydrogen-bond donors (Lipinski definition) is 0. The summed E-state index contributed by atoms with van der Waals surface area (Å²) < 4.78 is 12.2. The van der Waals surface area contributed by atoms with Gasteiger partial charge in [-0.1, -0.05) is 73.1 Å². The molecular weight excluding hydrogens is 744 g/mol. The summed E-state index contributed by atoms with van der Waals surface area (Å²) in [4.78, 5) is 60.1. The Hall–Kier alpha value is -5.12. The first-order valence-electron chi connectivity index (χ1n) is 17.0. The van der Waals surface area contributed by atoms with Gasteiger partial charge in [-0.05, 0) is 102 Å². The van der Waals surface area contributed by atoms with Gasteiger partial charge in [0.15, 0.2) is 6.10 Å². The summed E-state index contributed by atoms with van der Waals surface area (Å²) in [6, 6.07) is 26.8. The maximum atomic E-state index is 13.9. The monoisotopic (exact) mass is 776 g/mol. The quantitative estimate of drug-likeness (QED) is 0.0636. The number of fused-ring (bicyclic) bond motifs is 2. The minimum absolute atomic E-state index is 0.0159. The number of anilines is 1. The van der Waals surface area contributed by atoms with Crippen LogP contribution in [0.3, 0.4) is 0 Å². The molecule has 7 rings (SSSR count). The van der Waals surface area contributed by atoms with Crippen LogP contribution < -0.4 is 9.64 Å². The third kappa shape index (κ3) is 6.66. The van der Waals surface area contributed by atoms with Crippen molar-refractivity contribution in [1.82, 2.24) is 4.98 Å². The Morgan fingerprint density at radius 1 is 0.981 bits per heavy atom. The first-order chi connectivity index (χ1) is 25.0. The topological polar surface area (TPSA) is 103 Å².